The number of carbonyl (C=O) groups is 2. The first kappa shape index (κ1) is 11.9. The van der Waals surface area contributed by atoms with Crippen molar-refractivity contribution >= 4 is 35.0 Å². The smallest absolute Gasteiger partial charge is 0.171 e. The van der Waals surface area contributed by atoms with Gasteiger partial charge in [-0.25, -0.2) is 0 Å². The fourth-order valence-electron chi connectivity index (χ4n) is 1.87. The van der Waals surface area contributed by atoms with E-state index in [0.717, 1.165) is 10.8 Å². The lowest BCUT2D eigenvalue weighted by atomic mass is 9.99. The standard InChI is InChI=1S/C14H12O2S/c1-9(15)8-12(16)14-11-5-3-2-4-10(11)6-7-13(14)17/h2-7,17H,8H2,1H3. The number of ketones is 2. The molecule has 0 aromatic heterocycles. The summed E-state index contributed by atoms with van der Waals surface area (Å²) < 4.78 is 0. The summed E-state index contributed by atoms with van der Waals surface area (Å²) in [6, 6.07) is 11.3. The quantitative estimate of drug-likeness (QED) is 0.510. The van der Waals surface area contributed by atoms with E-state index in [0.29, 0.717) is 10.5 Å². The van der Waals surface area contributed by atoms with Crippen LogP contribution in [0.2, 0.25) is 0 Å². The molecule has 0 aliphatic carbocycles. The van der Waals surface area contributed by atoms with Crippen LogP contribution in [0.25, 0.3) is 10.8 Å². The highest BCUT2D eigenvalue weighted by atomic mass is 32.1. The summed E-state index contributed by atoms with van der Waals surface area (Å²) in [4.78, 5) is 23.7. The normalized spacial score (nSPS) is 10.5. The molecular formula is C14H12O2S. The summed E-state index contributed by atoms with van der Waals surface area (Å²) in [5, 5.41) is 1.84. The van der Waals surface area contributed by atoms with Crippen LogP contribution in [0.3, 0.4) is 0 Å². The maximum absolute atomic E-state index is 12.0. The van der Waals surface area contributed by atoms with Crippen molar-refractivity contribution in [2.24, 2.45) is 0 Å². The first-order valence-electron chi connectivity index (χ1n) is 5.33. The van der Waals surface area contributed by atoms with Gasteiger partial charge in [-0.1, -0.05) is 30.3 Å². The molecule has 0 radical (unpaired) electrons. The maximum Gasteiger partial charge on any atom is 0.171 e. The predicted molar refractivity (Wildman–Crippen MR) is 70.8 cm³/mol. The molecule has 0 saturated heterocycles. The second kappa shape index (κ2) is 4.72. The number of fused-ring (bicyclic) bond motifs is 1. The van der Waals surface area contributed by atoms with Crippen LogP contribution in [0.4, 0.5) is 0 Å². The molecule has 86 valence electrons. The monoisotopic (exact) mass is 244 g/mol. The largest absolute Gasteiger partial charge is 0.300 e. The lowest BCUT2D eigenvalue weighted by Crippen LogP contribution is -2.06. The van der Waals surface area contributed by atoms with Gasteiger partial charge in [0.25, 0.3) is 0 Å². The molecule has 0 spiro atoms. The van der Waals surface area contributed by atoms with Crippen LogP contribution >= 0.6 is 12.6 Å². The molecule has 0 atom stereocenters. The summed E-state index contributed by atoms with van der Waals surface area (Å²) in [7, 11) is 0. The fourth-order valence-corrected chi connectivity index (χ4v) is 2.19. The van der Waals surface area contributed by atoms with E-state index in [9.17, 15) is 9.59 Å². The summed E-state index contributed by atoms with van der Waals surface area (Å²) in [5.74, 6) is -0.296. The molecule has 0 bridgehead atoms. The second-order valence-electron chi connectivity index (χ2n) is 3.98. The van der Waals surface area contributed by atoms with Gasteiger partial charge in [0.15, 0.2) is 5.78 Å². The molecule has 2 aromatic carbocycles. The third-order valence-electron chi connectivity index (χ3n) is 2.60. The molecule has 2 aromatic rings. The minimum atomic E-state index is -0.167. The van der Waals surface area contributed by atoms with Gasteiger partial charge in [0.05, 0.1) is 6.42 Å². The van der Waals surface area contributed by atoms with Crippen LogP contribution in [0.1, 0.15) is 23.7 Å². The molecule has 0 aliphatic heterocycles. The highest BCUT2D eigenvalue weighted by Crippen LogP contribution is 2.26. The Morgan fingerprint density at radius 2 is 1.82 bits per heavy atom. The molecule has 0 aliphatic rings. The van der Waals surface area contributed by atoms with Crippen LogP contribution in [0.15, 0.2) is 41.3 Å². The minimum absolute atomic E-state index is 0.0679. The van der Waals surface area contributed by atoms with Gasteiger partial charge >= 0.3 is 0 Å². The van der Waals surface area contributed by atoms with Crippen molar-refractivity contribution < 1.29 is 9.59 Å². The number of rotatable bonds is 3. The molecule has 0 unspecified atom stereocenters. The summed E-state index contributed by atoms with van der Waals surface area (Å²) in [6.45, 7) is 1.42. The molecule has 0 heterocycles. The molecule has 2 rings (SSSR count). The molecule has 0 saturated carbocycles. The zero-order chi connectivity index (χ0) is 12.4. The summed E-state index contributed by atoms with van der Waals surface area (Å²) >= 11 is 4.30. The highest BCUT2D eigenvalue weighted by molar-refractivity contribution is 7.80. The van der Waals surface area contributed by atoms with E-state index in [4.69, 9.17) is 0 Å². The van der Waals surface area contributed by atoms with Gasteiger partial charge in [-0.2, -0.15) is 0 Å². The molecule has 0 N–H and O–H groups in total. The Morgan fingerprint density at radius 3 is 2.53 bits per heavy atom. The average Bonchev–Trinajstić information content (AvgIpc) is 2.27. The number of carbonyl (C=O) groups excluding carboxylic acids is 2. The molecule has 3 heteroatoms. The van der Waals surface area contributed by atoms with E-state index in [1.165, 1.54) is 6.92 Å². The van der Waals surface area contributed by atoms with Gasteiger partial charge in [0.2, 0.25) is 0 Å². The average molecular weight is 244 g/mol. The van der Waals surface area contributed by atoms with E-state index >= 15 is 0 Å². The summed E-state index contributed by atoms with van der Waals surface area (Å²) in [6.07, 6.45) is -0.0679. The molecule has 0 fully saturated rings. The minimum Gasteiger partial charge on any atom is -0.300 e. The zero-order valence-corrected chi connectivity index (χ0v) is 10.3. The van der Waals surface area contributed by atoms with Crippen molar-refractivity contribution in [2.75, 3.05) is 0 Å². The van der Waals surface area contributed by atoms with Crippen LogP contribution in [0, 0.1) is 0 Å². The van der Waals surface area contributed by atoms with Crippen molar-refractivity contribution in [3.05, 3.63) is 42.0 Å². The zero-order valence-electron chi connectivity index (χ0n) is 9.43. The van der Waals surface area contributed by atoms with Crippen LogP contribution in [0.5, 0.6) is 0 Å². The van der Waals surface area contributed by atoms with Gasteiger partial charge < -0.3 is 0 Å². The summed E-state index contributed by atoms with van der Waals surface area (Å²) in [5.41, 5.74) is 0.543. The Hall–Kier alpha value is -1.61. The Bertz CT molecular complexity index is 602. The number of hydrogen-bond donors (Lipinski definition) is 1. The number of benzene rings is 2. The third kappa shape index (κ3) is 2.39. The molecule has 2 nitrogen and oxygen atoms in total. The maximum atomic E-state index is 12.0. The molecule has 17 heavy (non-hydrogen) atoms. The van der Waals surface area contributed by atoms with Gasteiger partial charge in [0, 0.05) is 10.5 Å². The Morgan fingerprint density at radius 1 is 1.12 bits per heavy atom. The Kier molecular flexibility index (Phi) is 3.29. The third-order valence-corrected chi connectivity index (χ3v) is 2.97. The van der Waals surface area contributed by atoms with Crippen molar-refractivity contribution in [3.8, 4) is 0 Å². The first-order chi connectivity index (χ1) is 8.09. The first-order valence-corrected chi connectivity index (χ1v) is 5.77. The van der Waals surface area contributed by atoms with Crippen molar-refractivity contribution in [2.45, 2.75) is 18.2 Å². The van der Waals surface area contributed by atoms with Crippen molar-refractivity contribution in [3.63, 3.8) is 0 Å². The topological polar surface area (TPSA) is 34.1 Å². The van der Waals surface area contributed by atoms with Crippen molar-refractivity contribution in [1.82, 2.24) is 0 Å². The number of thiol groups is 1. The van der Waals surface area contributed by atoms with Crippen molar-refractivity contribution in [1.29, 1.82) is 0 Å². The number of hydrogen-bond acceptors (Lipinski definition) is 3. The highest BCUT2D eigenvalue weighted by Gasteiger charge is 2.14. The van der Waals surface area contributed by atoms with Crippen LogP contribution < -0.4 is 0 Å². The Balaban J connectivity index is 2.62. The van der Waals surface area contributed by atoms with Gasteiger partial charge in [0.1, 0.15) is 5.78 Å². The molecule has 0 amide bonds. The lowest BCUT2D eigenvalue weighted by Gasteiger charge is -2.07. The Labute approximate surface area is 105 Å². The van der Waals surface area contributed by atoms with E-state index in [1.54, 1.807) is 6.07 Å². The van der Waals surface area contributed by atoms with Gasteiger partial charge in [-0.15, -0.1) is 12.6 Å². The number of Topliss-reactive ketones (excluding diaryl/α,β-unsaturated/α-hetero) is 2. The van der Waals surface area contributed by atoms with Crippen LogP contribution in [-0.4, -0.2) is 11.6 Å². The SMILES string of the molecule is CC(=O)CC(=O)c1c(S)ccc2ccccc12. The van der Waals surface area contributed by atoms with Crippen LogP contribution in [-0.2, 0) is 4.79 Å². The second-order valence-corrected chi connectivity index (χ2v) is 4.46. The van der Waals surface area contributed by atoms with Gasteiger partial charge in [-0.05, 0) is 23.8 Å². The molecular weight excluding hydrogens is 232 g/mol. The van der Waals surface area contributed by atoms with E-state index < -0.39 is 0 Å². The van der Waals surface area contributed by atoms with E-state index in [2.05, 4.69) is 12.6 Å². The van der Waals surface area contributed by atoms with E-state index in [-0.39, 0.29) is 18.0 Å². The lowest BCUT2D eigenvalue weighted by molar-refractivity contribution is -0.116. The van der Waals surface area contributed by atoms with Gasteiger partial charge in [-0.3, -0.25) is 9.59 Å². The van der Waals surface area contributed by atoms with E-state index in [1.807, 2.05) is 30.3 Å². The predicted octanol–water partition coefficient (Wildman–Crippen LogP) is 3.29. The fraction of sp³-hybridized carbons (Fsp3) is 0.143.